The molecule has 0 aromatic heterocycles. The Morgan fingerprint density at radius 2 is 1.72 bits per heavy atom. The minimum absolute atomic E-state index is 0.00644. The summed E-state index contributed by atoms with van der Waals surface area (Å²) in [6, 6.07) is 13.3. The topological polar surface area (TPSA) is 38.8 Å². The van der Waals surface area contributed by atoms with E-state index in [9.17, 15) is 9.18 Å². The van der Waals surface area contributed by atoms with Crippen LogP contribution < -0.4 is 10.2 Å². The Balaban J connectivity index is 1.21. The van der Waals surface area contributed by atoms with Crippen molar-refractivity contribution in [2.75, 3.05) is 51.2 Å². The van der Waals surface area contributed by atoms with Crippen LogP contribution in [0.1, 0.15) is 24.0 Å². The molecule has 172 valence electrons. The van der Waals surface area contributed by atoms with E-state index in [2.05, 4.69) is 51.3 Å². The number of rotatable bonds is 6. The summed E-state index contributed by atoms with van der Waals surface area (Å²) < 4.78 is 14.0. The molecule has 1 amide bonds. The van der Waals surface area contributed by atoms with Crippen LogP contribution in [0.3, 0.4) is 0 Å². The fourth-order valence-electron chi connectivity index (χ4n) is 4.48. The number of nitrogens with zero attached hydrogens (tertiary/aromatic N) is 3. The first-order valence-corrected chi connectivity index (χ1v) is 11.8. The zero-order valence-electron chi connectivity index (χ0n) is 18.7. The number of hydrogen-bond donors (Lipinski definition) is 1. The van der Waals surface area contributed by atoms with Gasteiger partial charge in [-0.1, -0.05) is 29.8 Å². The molecule has 1 N–H and O–H groups in total. The lowest BCUT2D eigenvalue weighted by Gasteiger charge is -2.34. The molecule has 5 nitrogen and oxygen atoms in total. The van der Waals surface area contributed by atoms with E-state index in [1.54, 1.807) is 12.1 Å². The molecule has 0 atom stereocenters. The molecule has 2 aliphatic heterocycles. The molecule has 0 bridgehead atoms. The third-order valence-corrected chi connectivity index (χ3v) is 7.03. The molecule has 2 aliphatic rings. The second kappa shape index (κ2) is 10.6. The van der Waals surface area contributed by atoms with Crippen LogP contribution in [0.2, 0.25) is 5.02 Å². The van der Waals surface area contributed by atoms with Gasteiger partial charge in [-0.25, -0.2) is 4.39 Å². The molecule has 0 saturated carbocycles. The number of carbonyl (C=O) groups is 1. The van der Waals surface area contributed by atoms with Gasteiger partial charge in [0.1, 0.15) is 5.82 Å². The number of benzene rings is 2. The van der Waals surface area contributed by atoms with E-state index in [0.29, 0.717) is 23.7 Å². The van der Waals surface area contributed by atoms with E-state index in [1.807, 2.05) is 0 Å². The number of anilines is 1. The number of carbonyl (C=O) groups excluding carboxylic acids is 1. The summed E-state index contributed by atoms with van der Waals surface area (Å²) in [6.45, 7) is 6.84. The van der Waals surface area contributed by atoms with Gasteiger partial charge >= 0.3 is 0 Å². The number of piperazine rings is 1. The normalized spacial score (nSPS) is 18.7. The summed E-state index contributed by atoms with van der Waals surface area (Å²) in [5, 5.41) is 3.56. The fourth-order valence-corrected chi connectivity index (χ4v) is 4.71. The van der Waals surface area contributed by atoms with Crippen molar-refractivity contribution in [3.63, 3.8) is 0 Å². The highest BCUT2D eigenvalue weighted by Gasteiger charge is 2.25. The van der Waals surface area contributed by atoms with Crippen LogP contribution in [-0.2, 0) is 17.9 Å². The summed E-state index contributed by atoms with van der Waals surface area (Å²) in [5.74, 6) is -0.153. The van der Waals surface area contributed by atoms with Crippen molar-refractivity contribution in [2.24, 2.45) is 5.92 Å². The third kappa shape index (κ3) is 5.80. The monoisotopic (exact) mass is 458 g/mol. The number of nitrogens with one attached hydrogen (secondary N) is 1. The maximum atomic E-state index is 14.0. The zero-order valence-corrected chi connectivity index (χ0v) is 19.5. The van der Waals surface area contributed by atoms with Crippen molar-refractivity contribution in [1.82, 2.24) is 15.1 Å². The Kier molecular flexibility index (Phi) is 7.66. The van der Waals surface area contributed by atoms with E-state index in [4.69, 9.17) is 11.6 Å². The summed E-state index contributed by atoms with van der Waals surface area (Å²) in [5.41, 5.74) is 2.90. The second-order valence-corrected chi connectivity index (χ2v) is 9.33. The summed E-state index contributed by atoms with van der Waals surface area (Å²) in [4.78, 5) is 19.6. The number of amides is 1. The molecule has 0 radical (unpaired) electrons. The third-order valence-electron chi connectivity index (χ3n) is 6.67. The van der Waals surface area contributed by atoms with Crippen molar-refractivity contribution < 1.29 is 9.18 Å². The number of hydrogen-bond acceptors (Lipinski definition) is 4. The van der Waals surface area contributed by atoms with Crippen LogP contribution >= 0.6 is 11.6 Å². The molecule has 32 heavy (non-hydrogen) atoms. The molecule has 2 aromatic carbocycles. The molecule has 4 rings (SSSR count). The molecular formula is C25H32ClFN4O. The maximum absolute atomic E-state index is 14.0. The molecule has 7 heteroatoms. The van der Waals surface area contributed by atoms with E-state index >= 15 is 0 Å². The Morgan fingerprint density at radius 1 is 1.03 bits per heavy atom. The zero-order chi connectivity index (χ0) is 22.5. The SMILES string of the molecule is CN1CCN(c2ccc(CNC(=O)C3CCN(Cc4c(F)cccc4Cl)CC3)cc2)CC1. The van der Waals surface area contributed by atoms with Crippen LogP contribution in [0.4, 0.5) is 10.1 Å². The summed E-state index contributed by atoms with van der Waals surface area (Å²) in [7, 11) is 2.16. The van der Waals surface area contributed by atoms with Gasteiger partial charge in [0.15, 0.2) is 0 Å². The lowest BCUT2D eigenvalue weighted by atomic mass is 9.95. The van der Waals surface area contributed by atoms with Gasteiger partial charge in [-0.05, 0) is 62.8 Å². The predicted octanol–water partition coefficient (Wildman–Crippen LogP) is 3.76. The molecule has 2 fully saturated rings. The average molecular weight is 459 g/mol. The highest BCUT2D eigenvalue weighted by atomic mass is 35.5. The van der Waals surface area contributed by atoms with Gasteiger partial charge in [0, 0.05) is 61.5 Å². The molecule has 2 heterocycles. The molecule has 2 aromatic rings. The Labute approximate surface area is 195 Å². The summed E-state index contributed by atoms with van der Waals surface area (Å²) >= 11 is 6.15. The van der Waals surface area contributed by atoms with Gasteiger partial charge in [-0.2, -0.15) is 0 Å². The van der Waals surface area contributed by atoms with Gasteiger partial charge in [-0.15, -0.1) is 0 Å². The minimum Gasteiger partial charge on any atom is -0.369 e. The minimum atomic E-state index is -0.268. The van der Waals surface area contributed by atoms with E-state index in [1.165, 1.54) is 11.8 Å². The Morgan fingerprint density at radius 3 is 2.38 bits per heavy atom. The van der Waals surface area contributed by atoms with E-state index in [0.717, 1.165) is 57.7 Å². The van der Waals surface area contributed by atoms with E-state index < -0.39 is 0 Å². The lowest BCUT2D eigenvalue weighted by Crippen LogP contribution is -2.44. The van der Waals surface area contributed by atoms with Crippen molar-refractivity contribution in [3.8, 4) is 0 Å². The fraction of sp³-hybridized carbons (Fsp3) is 0.480. The predicted molar refractivity (Wildman–Crippen MR) is 127 cm³/mol. The first-order chi connectivity index (χ1) is 15.5. The maximum Gasteiger partial charge on any atom is 0.223 e. The highest BCUT2D eigenvalue weighted by Crippen LogP contribution is 2.24. The molecule has 0 unspecified atom stereocenters. The number of likely N-dealkylation sites (N-methyl/N-ethyl adjacent to an activating group) is 1. The van der Waals surface area contributed by atoms with E-state index in [-0.39, 0.29) is 17.6 Å². The van der Waals surface area contributed by atoms with Gasteiger partial charge < -0.3 is 15.1 Å². The van der Waals surface area contributed by atoms with Crippen LogP contribution in [0.15, 0.2) is 42.5 Å². The standard InChI is InChI=1S/C25H32ClFN4O/c1-29-13-15-31(16-14-29)21-7-5-19(6-8-21)17-28-25(32)20-9-11-30(12-10-20)18-22-23(26)3-2-4-24(22)27/h2-8,20H,9-18H2,1H3,(H,28,32). The summed E-state index contributed by atoms with van der Waals surface area (Å²) in [6.07, 6.45) is 1.56. The van der Waals surface area contributed by atoms with Gasteiger partial charge in [0.25, 0.3) is 0 Å². The van der Waals surface area contributed by atoms with Crippen molar-refractivity contribution >= 4 is 23.2 Å². The average Bonchev–Trinajstić information content (AvgIpc) is 2.81. The van der Waals surface area contributed by atoms with Gasteiger partial charge in [0.2, 0.25) is 5.91 Å². The van der Waals surface area contributed by atoms with Gasteiger partial charge in [0.05, 0.1) is 0 Å². The van der Waals surface area contributed by atoms with Crippen molar-refractivity contribution in [2.45, 2.75) is 25.9 Å². The molecule has 2 saturated heterocycles. The lowest BCUT2D eigenvalue weighted by molar-refractivity contribution is -0.126. The van der Waals surface area contributed by atoms with Crippen molar-refractivity contribution in [3.05, 3.63) is 64.4 Å². The first-order valence-electron chi connectivity index (χ1n) is 11.4. The molecular weight excluding hydrogens is 427 g/mol. The number of halogens is 2. The first kappa shape index (κ1) is 23.0. The molecule has 0 spiro atoms. The smallest absolute Gasteiger partial charge is 0.223 e. The number of piperidine rings is 1. The highest BCUT2D eigenvalue weighted by molar-refractivity contribution is 6.31. The van der Waals surface area contributed by atoms with Gasteiger partial charge in [-0.3, -0.25) is 9.69 Å². The van der Waals surface area contributed by atoms with Crippen LogP contribution in [-0.4, -0.2) is 62.0 Å². The Hall–Kier alpha value is -2.15. The largest absolute Gasteiger partial charge is 0.369 e. The number of likely N-dealkylation sites (tertiary alicyclic amines) is 1. The molecule has 0 aliphatic carbocycles. The van der Waals surface area contributed by atoms with Crippen LogP contribution in [0, 0.1) is 11.7 Å². The second-order valence-electron chi connectivity index (χ2n) is 8.93. The van der Waals surface area contributed by atoms with Crippen LogP contribution in [0.25, 0.3) is 0 Å². The Bertz CT molecular complexity index is 886. The quantitative estimate of drug-likeness (QED) is 0.715. The van der Waals surface area contributed by atoms with Crippen molar-refractivity contribution in [1.29, 1.82) is 0 Å². The van der Waals surface area contributed by atoms with Crippen LogP contribution in [0.5, 0.6) is 0 Å².